The molecule has 0 aromatic carbocycles. The van der Waals surface area contributed by atoms with Crippen LogP contribution in [0.15, 0.2) is 23.8 Å². The molecule has 0 saturated carbocycles. The molecule has 2 N–H and O–H groups in total. The minimum absolute atomic E-state index is 0.0395. The van der Waals surface area contributed by atoms with Crippen molar-refractivity contribution in [2.45, 2.75) is 50.9 Å². The van der Waals surface area contributed by atoms with Crippen LogP contribution in [-0.4, -0.2) is 61.4 Å². The Morgan fingerprint density at radius 2 is 2.24 bits per heavy atom. The highest BCUT2D eigenvalue weighted by atomic mass is 32.1. The fourth-order valence-electron chi connectivity index (χ4n) is 5.45. The van der Waals surface area contributed by atoms with E-state index in [9.17, 15) is 9.59 Å². The molecule has 0 spiro atoms. The number of H-pyrrole nitrogens is 1. The number of piperidine rings is 3. The molecule has 9 heteroatoms. The van der Waals surface area contributed by atoms with Crippen LogP contribution in [0.5, 0.6) is 0 Å². The van der Waals surface area contributed by atoms with E-state index in [0.717, 1.165) is 44.6 Å². The Morgan fingerprint density at radius 1 is 1.34 bits per heavy atom. The summed E-state index contributed by atoms with van der Waals surface area (Å²) < 4.78 is 4.22. The lowest BCUT2D eigenvalue weighted by Gasteiger charge is -2.55. The normalized spacial score (nSPS) is 29.5. The van der Waals surface area contributed by atoms with Crippen LogP contribution < -0.4 is 5.32 Å². The third-order valence-corrected chi connectivity index (χ3v) is 7.22. The molecule has 154 valence electrons. The summed E-state index contributed by atoms with van der Waals surface area (Å²) in [5.74, 6) is 0.720. The Balaban J connectivity index is 1.36. The fraction of sp³-hybridized carbons (Fsp3) is 0.600. The first kappa shape index (κ1) is 18.7. The summed E-state index contributed by atoms with van der Waals surface area (Å²) in [6.07, 6.45) is 7.12. The van der Waals surface area contributed by atoms with Gasteiger partial charge in [0.15, 0.2) is 0 Å². The van der Waals surface area contributed by atoms with Gasteiger partial charge in [0.1, 0.15) is 6.04 Å². The number of nitrogens with one attached hydrogen (secondary N) is 2. The van der Waals surface area contributed by atoms with E-state index in [-0.39, 0.29) is 29.8 Å². The van der Waals surface area contributed by atoms with Crippen LogP contribution in [0, 0.1) is 11.8 Å². The first-order valence-corrected chi connectivity index (χ1v) is 11.2. The second-order valence-electron chi connectivity index (χ2n) is 8.49. The van der Waals surface area contributed by atoms with Crippen molar-refractivity contribution in [2.75, 3.05) is 13.1 Å². The van der Waals surface area contributed by atoms with Crippen molar-refractivity contribution in [3.8, 4) is 0 Å². The molecule has 0 radical (unpaired) electrons. The maximum absolute atomic E-state index is 13.3. The summed E-state index contributed by atoms with van der Waals surface area (Å²) in [6, 6.07) is 1.65. The minimum Gasteiger partial charge on any atom is -0.349 e. The molecule has 3 aliphatic heterocycles. The second kappa shape index (κ2) is 7.87. The van der Waals surface area contributed by atoms with Gasteiger partial charge in [0.2, 0.25) is 11.8 Å². The van der Waals surface area contributed by atoms with Crippen LogP contribution in [0.2, 0.25) is 0 Å². The first-order chi connectivity index (χ1) is 14.2. The van der Waals surface area contributed by atoms with Crippen molar-refractivity contribution in [2.24, 2.45) is 11.8 Å². The number of carbonyl (C=O) groups excluding carboxylic acids is 2. The molecule has 2 bridgehead atoms. The Hall–Kier alpha value is -2.26. The molecule has 3 aliphatic rings. The van der Waals surface area contributed by atoms with Crippen molar-refractivity contribution in [3.05, 3.63) is 35.1 Å². The minimum atomic E-state index is -0.379. The lowest BCUT2D eigenvalue weighted by molar-refractivity contribution is -0.160. The van der Waals surface area contributed by atoms with E-state index >= 15 is 0 Å². The lowest BCUT2D eigenvalue weighted by atomic mass is 9.71. The fourth-order valence-corrected chi connectivity index (χ4v) is 5.98. The van der Waals surface area contributed by atoms with Crippen LogP contribution in [0.4, 0.5) is 0 Å². The summed E-state index contributed by atoms with van der Waals surface area (Å²) in [4.78, 5) is 30.5. The molecule has 0 aliphatic carbocycles. The van der Waals surface area contributed by atoms with Crippen molar-refractivity contribution < 1.29 is 9.59 Å². The maximum atomic E-state index is 13.3. The van der Waals surface area contributed by atoms with E-state index in [2.05, 4.69) is 30.2 Å². The van der Waals surface area contributed by atoms with E-state index in [4.69, 9.17) is 0 Å². The topological polar surface area (TPSA) is 94.2 Å². The van der Waals surface area contributed by atoms with Gasteiger partial charge < -0.3 is 10.2 Å². The van der Waals surface area contributed by atoms with E-state index in [1.807, 2.05) is 17.2 Å². The van der Waals surface area contributed by atoms with Crippen LogP contribution in [-0.2, 0) is 22.7 Å². The smallest absolute Gasteiger partial charge is 0.243 e. The predicted octanol–water partition coefficient (Wildman–Crippen LogP) is 1.38. The second-order valence-corrected chi connectivity index (χ2v) is 9.15. The summed E-state index contributed by atoms with van der Waals surface area (Å²) >= 11 is 1.48. The zero-order valence-corrected chi connectivity index (χ0v) is 17.1. The zero-order valence-electron chi connectivity index (χ0n) is 16.3. The van der Waals surface area contributed by atoms with Gasteiger partial charge in [0.25, 0.3) is 0 Å². The third-order valence-electron chi connectivity index (χ3n) is 6.59. The lowest BCUT2D eigenvalue weighted by Crippen LogP contribution is -2.68. The highest BCUT2D eigenvalue weighted by Gasteiger charge is 2.51. The largest absolute Gasteiger partial charge is 0.349 e. The molecule has 8 nitrogen and oxygen atoms in total. The van der Waals surface area contributed by atoms with Gasteiger partial charge in [-0.25, -0.2) is 4.37 Å². The number of aromatic nitrogens is 3. The average Bonchev–Trinajstić information content (AvgIpc) is 3.41. The van der Waals surface area contributed by atoms with Crippen molar-refractivity contribution in [1.29, 1.82) is 0 Å². The number of hydrogen-bond donors (Lipinski definition) is 2. The molecular formula is C20H26N6O2S. The van der Waals surface area contributed by atoms with Crippen molar-refractivity contribution in [1.82, 2.24) is 29.7 Å². The third kappa shape index (κ3) is 3.69. The highest BCUT2D eigenvalue weighted by molar-refractivity contribution is 7.03. The molecule has 4 atom stereocenters. The summed E-state index contributed by atoms with van der Waals surface area (Å²) in [5, 5.41) is 11.9. The Kier molecular flexibility index (Phi) is 5.09. The van der Waals surface area contributed by atoms with Gasteiger partial charge >= 0.3 is 0 Å². The Morgan fingerprint density at radius 3 is 3.03 bits per heavy atom. The van der Waals surface area contributed by atoms with Gasteiger partial charge in [-0.15, -0.1) is 0 Å². The van der Waals surface area contributed by atoms with E-state index < -0.39 is 0 Å². The number of carbonyl (C=O) groups is 2. The summed E-state index contributed by atoms with van der Waals surface area (Å²) in [5.41, 5.74) is 2.09. The molecule has 0 unspecified atom stereocenters. The number of likely N-dealkylation sites (tertiary alicyclic amines) is 1. The molecule has 5 heterocycles. The van der Waals surface area contributed by atoms with Crippen LogP contribution in [0.1, 0.15) is 36.9 Å². The number of amides is 2. The maximum Gasteiger partial charge on any atom is 0.243 e. The molecule has 2 aromatic rings. The molecular weight excluding hydrogens is 388 g/mol. The van der Waals surface area contributed by atoms with Gasteiger partial charge in [0.05, 0.1) is 12.2 Å². The zero-order chi connectivity index (χ0) is 19.8. The number of aromatic amines is 1. The standard InChI is InChI=1S/C20H26N6O2S/c27-18-3-1-2-17-14-6-15(11-25(10-14)9-13-7-23-29-12-13)19(26(17)18)20(28)21-8-16-4-5-22-24-16/h4-5,7,12,14-15,17,19H,1-3,6,8-11H2,(H,21,28)(H,22,24)/t14-,15+,17+,19-/m1/s1. The molecule has 5 rings (SSSR count). The van der Waals surface area contributed by atoms with Crippen LogP contribution >= 0.6 is 11.5 Å². The predicted molar refractivity (Wildman–Crippen MR) is 108 cm³/mol. The van der Waals surface area contributed by atoms with Crippen LogP contribution in [0.3, 0.4) is 0 Å². The monoisotopic (exact) mass is 414 g/mol. The van der Waals surface area contributed by atoms with Crippen LogP contribution in [0.25, 0.3) is 0 Å². The van der Waals surface area contributed by atoms with Gasteiger partial charge in [-0.1, -0.05) is 0 Å². The van der Waals surface area contributed by atoms with Gasteiger partial charge in [-0.3, -0.25) is 19.6 Å². The first-order valence-electron chi connectivity index (χ1n) is 10.4. The van der Waals surface area contributed by atoms with Gasteiger partial charge in [-0.05, 0) is 48.3 Å². The quantitative estimate of drug-likeness (QED) is 0.771. The van der Waals surface area contributed by atoms with E-state index in [1.165, 1.54) is 17.1 Å². The molecule has 29 heavy (non-hydrogen) atoms. The summed E-state index contributed by atoms with van der Waals surface area (Å²) in [6.45, 7) is 3.10. The molecule has 2 amide bonds. The molecule has 3 saturated heterocycles. The van der Waals surface area contributed by atoms with E-state index in [1.54, 1.807) is 6.20 Å². The average molecular weight is 415 g/mol. The molecule has 2 aromatic heterocycles. The number of fused-ring (bicyclic) bond motifs is 4. The summed E-state index contributed by atoms with van der Waals surface area (Å²) in [7, 11) is 0. The van der Waals surface area contributed by atoms with E-state index in [0.29, 0.717) is 18.9 Å². The van der Waals surface area contributed by atoms with Crippen molar-refractivity contribution >= 4 is 23.3 Å². The van der Waals surface area contributed by atoms with Gasteiger partial charge in [-0.2, -0.15) is 5.10 Å². The number of rotatable bonds is 5. The highest BCUT2D eigenvalue weighted by Crippen LogP contribution is 2.42. The van der Waals surface area contributed by atoms with Crippen molar-refractivity contribution in [3.63, 3.8) is 0 Å². The molecule has 3 fully saturated rings. The number of hydrogen-bond acceptors (Lipinski definition) is 6. The Bertz CT molecular complexity index is 854. The SMILES string of the molecule is O=C(NCc1ccn[nH]1)[C@H]1[C@H]2C[C@H](CN(Cc3cnsc3)C2)[C@@H]2CCCC(=O)N21. The Labute approximate surface area is 173 Å². The number of nitrogens with zero attached hydrogens (tertiary/aromatic N) is 4. The van der Waals surface area contributed by atoms with Gasteiger partial charge in [0, 0.05) is 55.8 Å².